The van der Waals surface area contributed by atoms with E-state index in [0.717, 1.165) is 4.31 Å². The van der Waals surface area contributed by atoms with Gasteiger partial charge < -0.3 is 5.32 Å². The number of nitrogens with zero attached hydrogens (tertiary/aromatic N) is 1. The van der Waals surface area contributed by atoms with Gasteiger partial charge in [-0.05, 0) is 30.7 Å². The van der Waals surface area contributed by atoms with Crippen LogP contribution in [0.5, 0.6) is 0 Å². The van der Waals surface area contributed by atoms with Crippen molar-refractivity contribution in [3.8, 4) is 12.3 Å². The summed E-state index contributed by atoms with van der Waals surface area (Å²) in [4.78, 5) is 11.4. The first kappa shape index (κ1) is 19.4. The molecular weight excluding hydrogens is 364 g/mol. The molecule has 25 heavy (non-hydrogen) atoms. The van der Waals surface area contributed by atoms with E-state index in [1.54, 1.807) is 6.92 Å². The van der Waals surface area contributed by atoms with Crippen LogP contribution in [0.25, 0.3) is 0 Å². The van der Waals surface area contributed by atoms with Gasteiger partial charge in [0.25, 0.3) is 0 Å². The van der Waals surface area contributed by atoms with Crippen LogP contribution in [0.1, 0.15) is 19.8 Å². The molecule has 1 N–H and O–H groups in total. The Morgan fingerprint density at radius 3 is 2.48 bits per heavy atom. The maximum absolute atomic E-state index is 12.9. The minimum absolute atomic E-state index is 0.00143. The number of sulfone groups is 1. The van der Waals surface area contributed by atoms with Gasteiger partial charge in [-0.15, -0.1) is 6.42 Å². The van der Waals surface area contributed by atoms with Gasteiger partial charge >= 0.3 is 0 Å². The second kappa shape index (κ2) is 7.56. The van der Waals surface area contributed by atoms with Gasteiger partial charge in [-0.2, -0.15) is 4.31 Å². The van der Waals surface area contributed by atoms with Crippen molar-refractivity contribution in [2.45, 2.75) is 30.7 Å². The molecule has 1 aromatic rings. The summed E-state index contributed by atoms with van der Waals surface area (Å²) >= 11 is 0. The summed E-state index contributed by atoms with van der Waals surface area (Å²) in [5, 5.41) is 2.63. The molecule has 0 saturated carbocycles. The monoisotopic (exact) mass is 384 g/mol. The molecule has 1 aromatic carbocycles. The summed E-state index contributed by atoms with van der Waals surface area (Å²) < 4.78 is 50.1. The van der Waals surface area contributed by atoms with Crippen molar-refractivity contribution in [2.75, 3.05) is 23.4 Å². The summed E-state index contributed by atoms with van der Waals surface area (Å²) in [6.07, 6.45) is 5.82. The minimum Gasteiger partial charge on any atom is -0.326 e. The Labute approximate surface area is 148 Å². The number of carbonyl (C=O) groups excluding carboxylic acids is 1. The van der Waals surface area contributed by atoms with Gasteiger partial charge in [0.1, 0.15) is 0 Å². The van der Waals surface area contributed by atoms with Crippen molar-refractivity contribution in [3.63, 3.8) is 0 Å². The standard InChI is InChI=1S/C16H20N2O5S2/c1-3-10-18(14-9-11-24(20,21)12-14)25(22,23)15-7-5-13(6-8-15)17-16(19)4-2/h1,5-8,14H,4,9-12H2,2H3,(H,17,19). The summed E-state index contributed by atoms with van der Waals surface area (Å²) in [7, 11) is -7.18. The molecule has 0 aromatic heterocycles. The van der Waals surface area contributed by atoms with E-state index in [0.29, 0.717) is 12.1 Å². The number of nitrogens with one attached hydrogen (secondary N) is 1. The second-order valence-corrected chi connectivity index (χ2v) is 9.86. The highest BCUT2D eigenvalue weighted by Gasteiger charge is 2.38. The molecule has 1 fully saturated rings. The summed E-state index contributed by atoms with van der Waals surface area (Å²) in [5.74, 6) is 1.84. The summed E-state index contributed by atoms with van der Waals surface area (Å²) in [6.45, 7) is 1.51. The third kappa shape index (κ3) is 4.60. The average molecular weight is 384 g/mol. The van der Waals surface area contributed by atoms with Crippen LogP contribution in [-0.4, -0.2) is 51.1 Å². The van der Waals surface area contributed by atoms with Crippen molar-refractivity contribution in [3.05, 3.63) is 24.3 Å². The van der Waals surface area contributed by atoms with Crippen LogP contribution in [0.3, 0.4) is 0 Å². The van der Waals surface area contributed by atoms with Crippen molar-refractivity contribution in [2.24, 2.45) is 0 Å². The van der Waals surface area contributed by atoms with Gasteiger partial charge in [0.15, 0.2) is 9.84 Å². The molecule has 1 heterocycles. The molecule has 0 bridgehead atoms. The Balaban J connectivity index is 2.28. The van der Waals surface area contributed by atoms with Gasteiger partial charge in [0.2, 0.25) is 15.9 Å². The number of hydrogen-bond donors (Lipinski definition) is 1. The molecule has 1 aliphatic rings. The molecule has 0 radical (unpaired) electrons. The Morgan fingerprint density at radius 1 is 1.36 bits per heavy atom. The van der Waals surface area contributed by atoms with Crippen LogP contribution in [0.4, 0.5) is 5.69 Å². The van der Waals surface area contributed by atoms with Crippen molar-refractivity contribution in [1.82, 2.24) is 4.31 Å². The zero-order valence-electron chi connectivity index (χ0n) is 13.8. The Kier molecular flexibility index (Phi) is 5.87. The van der Waals surface area contributed by atoms with Crippen LogP contribution in [0.2, 0.25) is 0 Å². The average Bonchev–Trinajstić information content (AvgIpc) is 2.92. The van der Waals surface area contributed by atoms with E-state index in [4.69, 9.17) is 6.42 Å². The lowest BCUT2D eigenvalue weighted by molar-refractivity contribution is -0.115. The number of hydrogen-bond acceptors (Lipinski definition) is 5. The van der Waals surface area contributed by atoms with E-state index >= 15 is 0 Å². The third-order valence-corrected chi connectivity index (χ3v) is 7.59. The van der Waals surface area contributed by atoms with Crippen LogP contribution < -0.4 is 5.32 Å². The SMILES string of the molecule is C#CCN(C1CCS(=O)(=O)C1)S(=O)(=O)c1ccc(NC(=O)CC)cc1. The van der Waals surface area contributed by atoms with E-state index in [-0.39, 0.29) is 35.3 Å². The Hall–Kier alpha value is -1.89. The molecule has 1 amide bonds. The maximum Gasteiger partial charge on any atom is 0.244 e. The molecule has 2 rings (SSSR count). The minimum atomic E-state index is -3.93. The van der Waals surface area contributed by atoms with Crippen LogP contribution in [0.15, 0.2) is 29.2 Å². The smallest absolute Gasteiger partial charge is 0.244 e. The first-order valence-electron chi connectivity index (χ1n) is 7.75. The molecule has 1 aliphatic heterocycles. The lowest BCUT2D eigenvalue weighted by Gasteiger charge is -2.25. The fourth-order valence-corrected chi connectivity index (χ4v) is 5.99. The number of anilines is 1. The molecule has 0 aliphatic carbocycles. The third-order valence-electron chi connectivity index (χ3n) is 3.93. The molecular formula is C16H20N2O5S2. The number of terminal acetylenes is 1. The van der Waals surface area contributed by atoms with Crippen molar-refractivity contribution >= 4 is 31.5 Å². The second-order valence-electron chi connectivity index (χ2n) is 5.74. The Morgan fingerprint density at radius 2 is 2.00 bits per heavy atom. The van der Waals surface area contributed by atoms with E-state index in [9.17, 15) is 21.6 Å². The lowest BCUT2D eigenvalue weighted by Crippen LogP contribution is -2.41. The van der Waals surface area contributed by atoms with E-state index in [1.807, 2.05) is 0 Å². The Bertz CT molecular complexity index is 883. The molecule has 1 atom stereocenters. The lowest BCUT2D eigenvalue weighted by atomic mass is 10.3. The molecule has 7 nitrogen and oxygen atoms in total. The highest BCUT2D eigenvalue weighted by Crippen LogP contribution is 2.25. The number of carbonyl (C=O) groups is 1. The van der Waals surface area contributed by atoms with Gasteiger partial charge in [-0.3, -0.25) is 4.79 Å². The van der Waals surface area contributed by atoms with Gasteiger partial charge in [-0.1, -0.05) is 12.8 Å². The first-order valence-corrected chi connectivity index (χ1v) is 11.0. The van der Waals surface area contributed by atoms with Crippen LogP contribution in [0, 0.1) is 12.3 Å². The number of benzene rings is 1. The predicted octanol–water partition coefficient (Wildman–Crippen LogP) is 0.846. The zero-order chi connectivity index (χ0) is 18.7. The van der Waals surface area contributed by atoms with Gasteiger partial charge in [0, 0.05) is 18.2 Å². The molecule has 1 saturated heterocycles. The zero-order valence-corrected chi connectivity index (χ0v) is 15.4. The highest BCUT2D eigenvalue weighted by atomic mass is 32.2. The van der Waals surface area contributed by atoms with Crippen molar-refractivity contribution < 1.29 is 21.6 Å². The number of amides is 1. The molecule has 136 valence electrons. The first-order chi connectivity index (χ1) is 11.7. The summed E-state index contributed by atoms with van der Waals surface area (Å²) in [5.41, 5.74) is 0.484. The maximum atomic E-state index is 12.9. The number of rotatable bonds is 6. The van der Waals surface area contributed by atoms with E-state index in [2.05, 4.69) is 11.2 Å². The normalized spacial score (nSPS) is 19.5. The predicted molar refractivity (Wildman–Crippen MR) is 95.1 cm³/mol. The largest absolute Gasteiger partial charge is 0.326 e. The van der Waals surface area contributed by atoms with E-state index in [1.165, 1.54) is 24.3 Å². The van der Waals surface area contributed by atoms with Gasteiger partial charge in [-0.25, -0.2) is 16.8 Å². The summed E-state index contributed by atoms with van der Waals surface area (Å²) in [6, 6.07) is 5.05. The highest BCUT2D eigenvalue weighted by molar-refractivity contribution is 7.92. The quantitative estimate of drug-likeness (QED) is 0.733. The topological polar surface area (TPSA) is 101 Å². The molecule has 1 unspecified atom stereocenters. The fourth-order valence-electron chi connectivity index (χ4n) is 2.60. The number of sulfonamides is 1. The van der Waals surface area contributed by atoms with Crippen LogP contribution >= 0.6 is 0 Å². The molecule has 0 spiro atoms. The van der Waals surface area contributed by atoms with E-state index < -0.39 is 25.9 Å². The fraction of sp³-hybridized carbons (Fsp3) is 0.438. The van der Waals surface area contributed by atoms with Gasteiger partial charge in [0.05, 0.1) is 22.9 Å². The van der Waals surface area contributed by atoms with Crippen LogP contribution in [-0.2, 0) is 24.7 Å². The van der Waals surface area contributed by atoms with Crippen molar-refractivity contribution in [1.29, 1.82) is 0 Å². The molecule has 9 heteroatoms.